The van der Waals surface area contributed by atoms with Gasteiger partial charge < -0.3 is 15.8 Å². The maximum Gasteiger partial charge on any atom is 0.332 e. The summed E-state index contributed by atoms with van der Waals surface area (Å²) < 4.78 is 18.1. The topological polar surface area (TPSA) is 81.4 Å². The zero-order valence-corrected chi connectivity index (χ0v) is 12.4. The summed E-state index contributed by atoms with van der Waals surface area (Å²) in [5.74, 6) is -0.927. The standard InChI is InChI=1S/C14H17FN2O3S/c1-2-20-14(19)12(16)13(18)17-10-5-6-21-11-4-3-8(15)7-9(10)11/h3-4,7,10,12H,2,5-6,16H2,1H3,(H,17,18). The van der Waals surface area contributed by atoms with E-state index in [9.17, 15) is 14.0 Å². The maximum absolute atomic E-state index is 13.4. The highest BCUT2D eigenvalue weighted by Gasteiger charge is 2.28. The second kappa shape index (κ2) is 6.91. The molecule has 1 aromatic rings. The normalized spacial score (nSPS) is 18.5. The number of ether oxygens (including phenoxy) is 1. The number of fused-ring (bicyclic) bond motifs is 1. The molecule has 0 saturated heterocycles. The minimum absolute atomic E-state index is 0.161. The van der Waals surface area contributed by atoms with Crippen LogP contribution in [0.5, 0.6) is 0 Å². The van der Waals surface area contributed by atoms with Crippen LogP contribution >= 0.6 is 11.8 Å². The lowest BCUT2D eigenvalue weighted by molar-refractivity contribution is -0.148. The molecule has 1 heterocycles. The molecule has 0 radical (unpaired) electrons. The van der Waals surface area contributed by atoms with Crippen molar-refractivity contribution in [1.82, 2.24) is 5.32 Å². The Hall–Kier alpha value is -1.60. The molecule has 0 spiro atoms. The molecule has 3 N–H and O–H groups in total. The quantitative estimate of drug-likeness (QED) is 0.648. The summed E-state index contributed by atoms with van der Waals surface area (Å²) in [7, 11) is 0. The molecule has 7 heteroatoms. The van der Waals surface area contributed by atoms with Gasteiger partial charge in [0.1, 0.15) is 5.82 Å². The number of nitrogens with one attached hydrogen (secondary N) is 1. The average Bonchev–Trinajstić information content (AvgIpc) is 2.47. The van der Waals surface area contributed by atoms with Gasteiger partial charge >= 0.3 is 5.97 Å². The molecule has 0 bridgehead atoms. The number of esters is 1. The summed E-state index contributed by atoms with van der Waals surface area (Å²) in [5.41, 5.74) is 6.27. The van der Waals surface area contributed by atoms with Gasteiger partial charge in [0, 0.05) is 10.6 Å². The van der Waals surface area contributed by atoms with Crippen molar-refractivity contribution in [3.63, 3.8) is 0 Å². The lowest BCUT2D eigenvalue weighted by Crippen LogP contribution is -2.48. The van der Waals surface area contributed by atoms with E-state index >= 15 is 0 Å². The van der Waals surface area contributed by atoms with E-state index in [1.165, 1.54) is 12.1 Å². The average molecular weight is 312 g/mol. The lowest BCUT2D eigenvalue weighted by atomic mass is 10.0. The summed E-state index contributed by atoms with van der Waals surface area (Å²) in [5, 5.41) is 2.70. The third kappa shape index (κ3) is 3.74. The van der Waals surface area contributed by atoms with E-state index in [1.54, 1.807) is 24.8 Å². The van der Waals surface area contributed by atoms with Gasteiger partial charge in [-0.2, -0.15) is 0 Å². The van der Waals surface area contributed by atoms with Gasteiger partial charge in [0.2, 0.25) is 5.91 Å². The van der Waals surface area contributed by atoms with Crippen LogP contribution in [0.3, 0.4) is 0 Å². The summed E-state index contributed by atoms with van der Waals surface area (Å²) in [4.78, 5) is 24.4. The molecule has 0 aliphatic carbocycles. The fraction of sp³-hybridized carbons (Fsp3) is 0.429. The van der Waals surface area contributed by atoms with E-state index in [0.29, 0.717) is 6.42 Å². The summed E-state index contributed by atoms with van der Waals surface area (Å²) in [6, 6.07) is 2.78. The summed E-state index contributed by atoms with van der Waals surface area (Å²) >= 11 is 1.61. The third-order valence-corrected chi connectivity index (χ3v) is 4.27. The number of thioether (sulfide) groups is 1. The van der Waals surface area contributed by atoms with E-state index in [1.807, 2.05) is 0 Å². The number of halogens is 1. The first-order valence-electron chi connectivity index (χ1n) is 6.67. The molecule has 2 rings (SSSR count). The van der Waals surface area contributed by atoms with Crippen LogP contribution in [0.1, 0.15) is 24.9 Å². The second-order valence-electron chi connectivity index (χ2n) is 4.61. The van der Waals surface area contributed by atoms with Gasteiger partial charge in [-0.1, -0.05) is 0 Å². The van der Waals surface area contributed by atoms with E-state index in [-0.39, 0.29) is 18.5 Å². The summed E-state index contributed by atoms with van der Waals surface area (Å²) in [6.07, 6.45) is 0.655. The molecule has 0 fully saturated rings. The van der Waals surface area contributed by atoms with E-state index < -0.39 is 17.9 Å². The number of rotatable bonds is 4. The number of amides is 1. The zero-order valence-electron chi connectivity index (χ0n) is 11.6. The number of nitrogens with two attached hydrogens (primary N) is 1. The van der Waals surface area contributed by atoms with E-state index in [2.05, 4.69) is 5.32 Å². The van der Waals surface area contributed by atoms with Gasteiger partial charge in [0.05, 0.1) is 12.6 Å². The Labute approximate surface area is 126 Å². The molecule has 0 saturated carbocycles. The molecule has 0 aromatic heterocycles. The summed E-state index contributed by atoms with van der Waals surface area (Å²) in [6.45, 7) is 1.80. The van der Waals surface area contributed by atoms with Gasteiger partial charge in [-0.15, -0.1) is 11.8 Å². The van der Waals surface area contributed by atoms with Gasteiger partial charge in [0.25, 0.3) is 0 Å². The largest absolute Gasteiger partial charge is 0.464 e. The molecular formula is C14H17FN2O3S. The molecule has 2 unspecified atom stereocenters. The Bertz CT molecular complexity index is 553. The van der Waals surface area contributed by atoms with Gasteiger partial charge in [-0.05, 0) is 37.1 Å². The minimum atomic E-state index is -1.36. The van der Waals surface area contributed by atoms with E-state index in [4.69, 9.17) is 10.5 Å². The van der Waals surface area contributed by atoms with Crippen molar-refractivity contribution in [3.05, 3.63) is 29.6 Å². The predicted octanol–water partition coefficient (Wildman–Crippen LogP) is 1.37. The molecule has 1 aromatic carbocycles. The smallest absolute Gasteiger partial charge is 0.332 e. The van der Waals surface area contributed by atoms with Crippen LogP contribution in [0.25, 0.3) is 0 Å². The molecule has 1 aliphatic rings. The first kappa shape index (κ1) is 15.8. The Morgan fingerprint density at radius 1 is 1.57 bits per heavy atom. The van der Waals surface area contributed by atoms with Crippen LogP contribution in [0, 0.1) is 5.82 Å². The van der Waals surface area contributed by atoms with Gasteiger partial charge in [-0.3, -0.25) is 4.79 Å². The molecule has 1 amide bonds. The Morgan fingerprint density at radius 3 is 3.05 bits per heavy atom. The van der Waals surface area contributed by atoms with Crippen LogP contribution in [0.15, 0.2) is 23.1 Å². The minimum Gasteiger partial charge on any atom is -0.464 e. The second-order valence-corrected chi connectivity index (χ2v) is 5.75. The van der Waals surface area contributed by atoms with Crippen molar-refractivity contribution in [2.75, 3.05) is 12.4 Å². The molecular weight excluding hydrogens is 295 g/mol. The van der Waals surface area contributed by atoms with Crippen LogP contribution in [-0.2, 0) is 14.3 Å². The fourth-order valence-electron chi connectivity index (χ4n) is 2.12. The molecule has 114 valence electrons. The van der Waals surface area contributed by atoms with Crippen molar-refractivity contribution >= 4 is 23.6 Å². The number of carbonyl (C=O) groups excluding carboxylic acids is 2. The monoisotopic (exact) mass is 312 g/mol. The van der Waals surface area contributed by atoms with Gasteiger partial charge in [0.15, 0.2) is 6.04 Å². The molecule has 21 heavy (non-hydrogen) atoms. The number of hydrogen-bond donors (Lipinski definition) is 2. The first-order valence-corrected chi connectivity index (χ1v) is 7.66. The lowest BCUT2D eigenvalue weighted by Gasteiger charge is -2.26. The molecule has 2 atom stereocenters. The van der Waals surface area contributed by atoms with Crippen LogP contribution in [0.4, 0.5) is 4.39 Å². The van der Waals surface area contributed by atoms with Crippen molar-refractivity contribution in [1.29, 1.82) is 0 Å². The third-order valence-electron chi connectivity index (χ3n) is 3.15. The predicted molar refractivity (Wildman–Crippen MR) is 77.2 cm³/mol. The first-order chi connectivity index (χ1) is 10.0. The maximum atomic E-state index is 13.4. The van der Waals surface area contributed by atoms with Crippen molar-refractivity contribution in [2.45, 2.75) is 30.3 Å². The molecule has 1 aliphatic heterocycles. The SMILES string of the molecule is CCOC(=O)C(N)C(=O)NC1CCSc2ccc(F)cc21. The highest BCUT2D eigenvalue weighted by atomic mass is 32.2. The Kier molecular flexibility index (Phi) is 5.19. The van der Waals surface area contributed by atoms with Crippen LogP contribution < -0.4 is 11.1 Å². The number of carbonyl (C=O) groups is 2. The molecule has 5 nitrogen and oxygen atoms in total. The highest BCUT2D eigenvalue weighted by Crippen LogP contribution is 2.36. The number of benzene rings is 1. The fourth-order valence-corrected chi connectivity index (χ4v) is 3.22. The van der Waals surface area contributed by atoms with Crippen LogP contribution in [0.2, 0.25) is 0 Å². The van der Waals surface area contributed by atoms with Crippen molar-refractivity contribution in [2.24, 2.45) is 5.73 Å². The number of hydrogen-bond acceptors (Lipinski definition) is 5. The van der Waals surface area contributed by atoms with Crippen LogP contribution in [-0.4, -0.2) is 30.3 Å². The Morgan fingerprint density at radius 2 is 2.33 bits per heavy atom. The van der Waals surface area contributed by atoms with Gasteiger partial charge in [-0.25, -0.2) is 9.18 Å². The zero-order chi connectivity index (χ0) is 15.4. The van der Waals surface area contributed by atoms with Crippen molar-refractivity contribution in [3.8, 4) is 0 Å². The Balaban J connectivity index is 2.09. The van der Waals surface area contributed by atoms with Crippen molar-refractivity contribution < 1.29 is 18.7 Å². The van der Waals surface area contributed by atoms with E-state index in [0.717, 1.165) is 16.2 Å². The highest BCUT2D eigenvalue weighted by molar-refractivity contribution is 7.99.